The second kappa shape index (κ2) is 10.5. The molecule has 3 rings (SSSR count). The van der Waals surface area contributed by atoms with Gasteiger partial charge in [-0.3, -0.25) is 4.90 Å². The molecular formula is C25H30FNO3. The third-order valence-electron chi connectivity index (χ3n) is 5.60. The summed E-state index contributed by atoms with van der Waals surface area (Å²) in [6.07, 6.45) is 3.63. The van der Waals surface area contributed by atoms with E-state index in [1.165, 1.54) is 17.7 Å². The lowest BCUT2D eigenvalue weighted by Crippen LogP contribution is -2.21. The number of rotatable bonds is 6. The molecule has 1 unspecified atom stereocenters. The van der Waals surface area contributed by atoms with Crippen LogP contribution in [-0.4, -0.2) is 50.5 Å². The third-order valence-corrected chi connectivity index (χ3v) is 5.60. The van der Waals surface area contributed by atoms with Crippen LogP contribution in [0.25, 0.3) is 0 Å². The van der Waals surface area contributed by atoms with Gasteiger partial charge in [-0.25, -0.2) is 4.39 Å². The van der Waals surface area contributed by atoms with Gasteiger partial charge < -0.3 is 14.6 Å². The molecule has 0 spiro atoms. The van der Waals surface area contributed by atoms with Crippen molar-refractivity contribution in [1.29, 1.82) is 0 Å². The van der Waals surface area contributed by atoms with Crippen LogP contribution in [0.2, 0.25) is 0 Å². The Bertz CT molecular complexity index is 915. The molecule has 160 valence electrons. The second-order valence-corrected chi connectivity index (χ2v) is 7.77. The minimum Gasteiger partial charge on any atom is -0.493 e. The lowest BCUT2D eigenvalue weighted by Gasteiger charge is -2.17. The maximum absolute atomic E-state index is 13.0. The van der Waals surface area contributed by atoms with Crippen LogP contribution in [-0.2, 0) is 19.3 Å². The molecule has 0 fully saturated rings. The number of nitrogens with zero attached hydrogens (tertiary/aromatic N) is 1. The molecule has 0 saturated carbocycles. The molecule has 0 aliphatic heterocycles. The van der Waals surface area contributed by atoms with Gasteiger partial charge in [0, 0.05) is 6.54 Å². The van der Waals surface area contributed by atoms with Crippen LogP contribution in [0.4, 0.5) is 4.39 Å². The number of ether oxygens (including phenoxy) is 2. The van der Waals surface area contributed by atoms with Gasteiger partial charge in [0.15, 0.2) is 11.5 Å². The summed E-state index contributed by atoms with van der Waals surface area (Å²) in [6.45, 7) is 1.44. The quantitative estimate of drug-likeness (QED) is 0.583. The van der Waals surface area contributed by atoms with E-state index in [2.05, 4.69) is 16.7 Å². The minimum absolute atomic E-state index is 0.211. The number of hydrogen-bond acceptors (Lipinski definition) is 4. The minimum atomic E-state index is -0.284. The number of fused-ring (bicyclic) bond motifs is 1. The number of aryl methyl sites for hydroxylation is 1. The van der Waals surface area contributed by atoms with Gasteiger partial charge in [-0.15, -0.1) is 0 Å². The smallest absolute Gasteiger partial charge is 0.176 e. The van der Waals surface area contributed by atoms with Crippen molar-refractivity contribution < 1.29 is 19.0 Å². The molecule has 2 aromatic rings. The zero-order chi connectivity index (χ0) is 21.5. The first kappa shape index (κ1) is 22.1. The maximum atomic E-state index is 13.0. The van der Waals surface area contributed by atoms with Crippen molar-refractivity contribution in [3.05, 3.63) is 58.4 Å². The molecule has 0 saturated heterocycles. The normalized spacial score (nSPS) is 15.7. The first-order chi connectivity index (χ1) is 14.5. The third kappa shape index (κ3) is 5.53. The lowest BCUT2D eigenvalue weighted by molar-refractivity contribution is 0.158. The topological polar surface area (TPSA) is 41.9 Å². The van der Waals surface area contributed by atoms with Crippen molar-refractivity contribution in [3.63, 3.8) is 0 Å². The largest absolute Gasteiger partial charge is 0.493 e. The highest BCUT2D eigenvalue weighted by atomic mass is 19.1. The highest BCUT2D eigenvalue weighted by Gasteiger charge is 2.22. The Hall–Kier alpha value is -2.55. The van der Waals surface area contributed by atoms with E-state index in [1.54, 1.807) is 14.2 Å². The van der Waals surface area contributed by atoms with E-state index in [9.17, 15) is 9.50 Å². The average molecular weight is 412 g/mol. The summed E-state index contributed by atoms with van der Waals surface area (Å²) in [5, 5.41) is 10.1. The first-order valence-electron chi connectivity index (χ1n) is 10.4. The van der Waals surface area contributed by atoms with Crippen molar-refractivity contribution in [2.24, 2.45) is 0 Å². The van der Waals surface area contributed by atoms with E-state index >= 15 is 0 Å². The molecule has 0 amide bonds. The zero-order valence-corrected chi connectivity index (χ0v) is 18.0. The van der Waals surface area contributed by atoms with Crippen LogP contribution < -0.4 is 9.47 Å². The fraction of sp³-hybridized carbons (Fsp3) is 0.440. The standard InChI is InChI=1S/C25H30FNO3/c1-27(16-14-18-6-9-20(26)10-7-18)15-4-5-23-22-13-12-21(28)11-8-19(22)17-24(29-2)25(23)30-3/h6-7,9-10,17,21,28H,8,11-16H2,1-3H3. The number of likely N-dealkylation sites (N-methyl/N-ethyl adjacent to an activating group) is 1. The molecule has 4 nitrogen and oxygen atoms in total. The number of aliphatic hydroxyl groups is 1. The Morgan fingerprint density at radius 3 is 2.57 bits per heavy atom. The Morgan fingerprint density at radius 2 is 1.87 bits per heavy atom. The van der Waals surface area contributed by atoms with Crippen LogP contribution in [0.15, 0.2) is 30.3 Å². The summed E-state index contributed by atoms with van der Waals surface area (Å²) in [5.41, 5.74) is 4.31. The van der Waals surface area contributed by atoms with Gasteiger partial charge in [-0.1, -0.05) is 24.0 Å². The van der Waals surface area contributed by atoms with E-state index in [0.29, 0.717) is 18.0 Å². The SMILES string of the molecule is COc1cc2c(c(C#CCN(C)CCc3ccc(F)cc3)c1OC)CCC(O)CC2. The first-order valence-corrected chi connectivity index (χ1v) is 10.4. The van der Waals surface area contributed by atoms with Crippen LogP contribution in [0.1, 0.15) is 35.1 Å². The van der Waals surface area contributed by atoms with E-state index in [4.69, 9.17) is 9.47 Å². The lowest BCUT2D eigenvalue weighted by atomic mass is 9.95. The van der Waals surface area contributed by atoms with Crippen LogP contribution in [0.5, 0.6) is 11.5 Å². The van der Waals surface area contributed by atoms with Gasteiger partial charge in [0.1, 0.15) is 5.82 Å². The Labute approximate surface area is 178 Å². The molecule has 1 aliphatic carbocycles. The Morgan fingerprint density at radius 1 is 1.13 bits per heavy atom. The predicted molar refractivity (Wildman–Crippen MR) is 117 cm³/mol. The molecule has 1 N–H and O–H groups in total. The average Bonchev–Trinajstić information content (AvgIpc) is 2.94. The van der Waals surface area contributed by atoms with Gasteiger partial charge in [-0.05, 0) is 74.0 Å². The van der Waals surface area contributed by atoms with E-state index in [0.717, 1.165) is 55.3 Å². The summed E-state index contributed by atoms with van der Waals surface area (Å²) in [5.74, 6) is 7.72. The summed E-state index contributed by atoms with van der Waals surface area (Å²) < 4.78 is 24.2. The second-order valence-electron chi connectivity index (χ2n) is 7.77. The van der Waals surface area contributed by atoms with E-state index < -0.39 is 0 Å². The molecular weight excluding hydrogens is 381 g/mol. The van der Waals surface area contributed by atoms with Crippen molar-refractivity contribution in [1.82, 2.24) is 4.90 Å². The fourth-order valence-corrected chi connectivity index (χ4v) is 3.82. The zero-order valence-electron chi connectivity index (χ0n) is 18.0. The van der Waals surface area contributed by atoms with Crippen LogP contribution in [0, 0.1) is 17.7 Å². The molecule has 0 bridgehead atoms. The monoisotopic (exact) mass is 411 g/mol. The van der Waals surface area contributed by atoms with Crippen molar-refractivity contribution in [2.75, 3.05) is 34.4 Å². The summed E-state index contributed by atoms with van der Waals surface area (Å²) in [7, 11) is 5.30. The summed E-state index contributed by atoms with van der Waals surface area (Å²) in [4.78, 5) is 2.14. The molecule has 30 heavy (non-hydrogen) atoms. The van der Waals surface area contributed by atoms with Gasteiger partial charge in [0.25, 0.3) is 0 Å². The van der Waals surface area contributed by atoms with Crippen molar-refractivity contribution in [3.8, 4) is 23.3 Å². The molecule has 1 aliphatic rings. The van der Waals surface area contributed by atoms with Gasteiger partial charge in [-0.2, -0.15) is 0 Å². The van der Waals surface area contributed by atoms with Crippen molar-refractivity contribution in [2.45, 2.75) is 38.2 Å². The highest BCUT2D eigenvalue weighted by molar-refractivity contribution is 5.61. The predicted octanol–water partition coefficient (Wildman–Crippen LogP) is 3.61. The molecule has 2 aromatic carbocycles. The fourth-order valence-electron chi connectivity index (χ4n) is 3.82. The van der Waals surface area contributed by atoms with Gasteiger partial charge in [0.2, 0.25) is 0 Å². The molecule has 1 atom stereocenters. The van der Waals surface area contributed by atoms with Gasteiger partial charge >= 0.3 is 0 Å². The number of aliphatic hydroxyl groups excluding tert-OH is 1. The molecule has 0 aromatic heterocycles. The van der Waals surface area contributed by atoms with Crippen molar-refractivity contribution >= 4 is 0 Å². The molecule has 5 heteroatoms. The van der Waals surface area contributed by atoms with E-state index in [1.807, 2.05) is 25.2 Å². The highest BCUT2D eigenvalue weighted by Crippen LogP contribution is 2.38. The Kier molecular flexibility index (Phi) is 7.73. The number of methoxy groups -OCH3 is 2. The maximum Gasteiger partial charge on any atom is 0.176 e. The summed E-state index contributed by atoms with van der Waals surface area (Å²) >= 11 is 0. The molecule has 0 radical (unpaired) electrons. The summed E-state index contributed by atoms with van der Waals surface area (Å²) in [6, 6.07) is 8.64. The number of hydrogen-bond donors (Lipinski definition) is 1. The number of halogens is 1. The number of benzene rings is 2. The van der Waals surface area contributed by atoms with Crippen LogP contribution >= 0.6 is 0 Å². The van der Waals surface area contributed by atoms with Crippen LogP contribution in [0.3, 0.4) is 0 Å². The Balaban J connectivity index is 1.75. The molecule has 0 heterocycles. The van der Waals surface area contributed by atoms with Gasteiger partial charge in [0.05, 0.1) is 32.4 Å². The van der Waals surface area contributed by atoms with E-state index in [-0.39, 0.29) is 11.9 Å².